The molecule has 0 radical (unpaired) electrons. The number of carbonyl (C=O) groups excluding carboxylic acids is 1. The highest BCUT2D eigenvalue weighted by molar-refractivity contribution is 5.98. The SMILES string of the molecule is CCC(=O)c1ccccc1Oc1ccc(CC#N)cc1. The van der Waals surface area contributed by atoms with Gasteiger partial charge in [-0.3, -0.25) is 4.79 Å². The molecule has 0 saturated heterocycles. The summed E-state index contributed by atoms with van der Waals surface area (Å²) >= 11 is 0. The minimum absolute atomic E-state index is 0.0571. The number of nitriles is 1. The molecule has 0 bridgehead atoms. The lowest BCUT2D eigenvalue weighted by Gasteiger charge is -2.10. The Bertz CT molecular complexity index is 639. The van der Waals surface area contributed by atoms with Crippen LogP contribution >= 0.6 is 0 Å². The second-order valence-corrected chi connectivity index (χ2v) is 4.35. The summed E-state index contributed by atoms with van der Waals surface area (Å²) in [4.78, 5) is 11.8. The first-order valence-corrected chi connectivity index (χ1v) is 6.50. The number of ether oxygens (including phenoxy) is 1. The van der Waals surface area contributed by atoms with Crippen LogP contribution in [0.4, 0.5) is 0 Å². The van der Waals surface area contributed by atoms with Gasteiger partial charge in [0.25, 0.3) is 0 Å². The molecule has 2 rings (SSSR count). The highest BCUT2D eigenvalue weighted by Gasteiger charge is 2.10. The number of para-hydroxylation sites is 1. The van der Waals surface area contributed by atoms with Gasteiger partial charge in [0.1, 0.15) is 11.5 Å². The van der Waals surface area contributed by atoms with Gasteiger partial charge in [-0.05, 0) is 29.8 Å². The third-order valence-corrected chi connectivity index (χ3v) is 2.94. The molecule has 0 aromatic heterocycles. The van der Waals surface area contributed by atoms with Crippen molar-refractivity contribution < 1.29 is 9.53 Å². The molecule has 0 spiro atoms. The molecule has 0 atom stereocenters. The fourth-order valence-corrected chi connectivity index (χ4v) is 1.87. The quantitative estimate of drug-likeness (QED) is 0.763. The van der Waals surface area contributed by atoms with Crippen molar-refractivity contribution in [2.45, 2.75) is 19.8 Å². The lowest BCUT2D eigenvalue weighted by molar-refractivity contribution is 0.0986. The highest BCUT2D eigenvalue weighted by atomic mass is 16.5. The lowest BCUT2D eigenvalue weighted by Crippen LogP contribution is -1.99. The number of nitrogens with zero attached hydrogens (tertiary/aromatic N) is 1. The summed E-state index contributed by atoms with van der Waals surface area (Å²) in [7, 11) is 0. The number of ketones is 1. The second-order valence-electron chi connectivity index (χ2n) is 4.35. The number of rotatable bonds is 5. The Morgan fingerprint density at radius 2 is 1.85 bits per heavy atom. The Morgan fingerprint density at radius 1 is 1.15 bits per heavy atom. The molecule has 0 N–H and O–H groups in total. The van der Waals surface area contributed by atoms with Crippen molar-refractivity contribution >= 4 is 5.78 Å². The molecule has 0 heterocycles. The molecule has 2 aromatic carbocycles. The Morgan fingerprint density at radius 3 is 2.50 bits per heavy atom. The van der Waals surface area contributed by atoms with E-state index in [0.29, 0.717) is 29.9 Å². The van der Waals surface area contributed by atoms with Crippen LogP contribution in [-0.4, -0.2) is 5.78 Å². The van der Waals surface area contributed by atoms with Crippen LogP contribution in [0.3, 0.4) is 0 Å². The van der Waals surface area contributed by atoms with Crippen molar-refractivity contribution in [3.05, 3.63) is 59.7 Å². The summed E-state index contributed by atoms with van der Waals surface area (Å²) in [6.07, 6.45) is 0.826. The van der Waals surface area contributed by atoms with Gasteiger partial charge in [0, 0.05) is 6.42 Å². The Labute approximate surface area is 118 Å². The monoisotopic (exact) mass is 265 g/mol. The average molecular weight is 265 g/mol. The van der Waals surface area contributed by atoms with Gasteiger partial charge in [-0.15, -0.1) is 0 Å². The summed E-state index contributed by atoms with van der Waals surface area (Å²) in [6, 6.07) is 16.6. The van der Waals surface area contributed by atoms with Crippen LogP contribution in [0.15, 0.2) is 48.5 Å². The van der Waals surface area contributed by atoms with Gasteiger partial charge in [-0.2, -0.15) is 5.26 Å². The summed E-state index contributed by atoms with van der Waals surface area (Å²) in [5.74, 6) is 1.28. The Hall–Kier alpha value is -2.60. The second kappa shape index (κ2) is 6.53. The molecule has 100 valence electrons. The molecule has 0 unspecified atom stereocenters. The van der Waals surface area contributed by atoms with Gasteiger partial charge in [0.05, 0.1) is 18.1 Å². The molecule has 3 nitrogen and oxygen atoms in total. The third-order valence-electron chi connectivity index (χ3n) is 2.94. The minimum atomic E-state index is 0.0571. The predicted molar refractivity (Wildman–Crippen MR) is 76.9 cm³/mol. The number of Topliss-reactive ketones (excluding diaryl/α,β-unsaturated/α-hetero) is 1. The van der Waals surface area contributed by atoms with Crippen LogP contribution in [0.1, 0.15) is 29.3 Å². The molecule has 0 aliphatic carbocycles. The van der Waals surface area contributed by atoms with Gasteiger partial charge in [-0.25, -0.2) is 0 Å². The normalized spacial score (nSPS) is 9.80. The lowest BCUT2D eigenvalue weighted by atomic mass is 10.1. The molecule has 0 aliphatic heterocycles. The molecule has 3 heteroatoms. The van der Waals surface area contributed by atoms with Gasteiger partial charge >= 0.3 is 0 Å². The smallest absolute Gasteiger partial charge is 0.166 e. The van der Waals surface area contributed by atoms with E-state index < -0.39 is 0 Å². The van der Waals surface area contributed by atoms with E-state index in [4.69, 9.17) is 10.00 Å². The molecule has 0 saturated carbocycles. The summed E-state index contributed by atoms with van der Waals surface area (Å²) in [5, 5.41) is 8.63. The first-order chi connectivity index (χ1) is 9.74. The number of benzene rings is 2. The Balaban J connectivity index is 2.22. The summed E-state index contributed by atoms with van der Waals surface area (Å²) in [5.41, 5.74) is 1.54. The number of hydrogen-bond donors (Lipinski definition) is 0. The predicted octanol–water partition coefficient (Wildman–Crippen LogP) is 4.14. The third kappa shape index (κ3) is 3.24. The van der Waals surface area contributed by atoms with Crippen molar-refractivity contribution in [2.75, 3.05) is 0 Å². The van der Waals surface area contributed by atoms with E-state index in [1.165, 1.54) is 0 Å². The first kappa shape index (κ1) is 13.8. The van der Waals surface area contributed by atoms with E-state index in [1.807, 2.05) is 31.2 Å². The van der Waals surface area contributed by atoms with E-state index in [1.54, 1.807) is 24.3 Å². The van der Waals surface area contributed by atoms with Crippen LogP contribution in [-0.2, 0) is 6.42 Å². The molecule has 0 amide bonds. The maximum absolute atomic E-state index is 11.8. The van der Waals surface area contributed by atoms with Crippen LogP contribution in [0.5, 0.6) is 11.5 Å². The van der Waals surface area contributed by atoms with Gasteiger partial charge < -0.3 is 4.74 Å². The average Bonchev–Trinajstić information content (AvgIpc) is 2.49. The van der Waals surface area contributed by atoms with Crippen LogP contribution in [0.25, 0.3) is 0 Å². The number of hydrogen-bond acceptors (Lipinski definition) is 3. The fourth-order valence-electron chi connectivity index (χ4n) is 1.87. The highest BCUT2D eigenvalue weighted by Crippen LogP contribution is 2.26. The van der Waals surface area contributed by atoms with E-state index in [9.17, 15) is 4.79 Å². The van der Waals surface area contributed by atoms with Crippen LogP contribution in [0.2, 0.25) is 0 Å². The fraction of sp³-hybridized carbons (Fsp3) is 0.176. The maximum atomic E-state index is 11.8. The zero-order chi connectivity index (χ0) is 14.4. The van der Waals surface area contributed by atoms with Crippen molar-refractivity contribution in [3.8, 4) is 17.6 Å². The summed E-state index contributed by atoms with van der Waals surface area (Å²) in [6.45, 7) is 1.83. The standard InChI is InChI=1S/C17H15NO2/c1-2-16(19)15-5-3-4-6-17(15)20-14-9-7-13(8-10-14)11-12-18/h3-10H,2,11H2,1H3. The molecular formula is C17H15NO2. The van der Waals surface area contributed by atoms with Gasteiger partial charge in [-0.1, -0.05) is 31.2 Å². The largest absolute Gasteiger partial charge is 0.457 e. The van der Waals surface area contributed by atoms with Crippen molar-refractivity contribution in [3.63, 3.8) is 0 Å². The van der Waals surface area contributed by atoms with Crippen molar-refractivity contribution in [2.24, 2.45) is 0 Å². The Kier molecular flexibility index (Phi) is 4.52. The topological polar surface area (TPSA) is 50.1 Å². The van der Waals surface area contributed by atoms with Crippen LogP contribution < -0.4 is 4.74 Å². The molecule has 2 aromatic rings. The zero-order valence-electron chi connectivity index (χ0n) is 11.3. The van der Waals surface area contributed by atoms with E-state index >= 15 is 0 Å². The van der Waals surface area contributed by atoms with E-state index in [0.717, 1.165) is 5.56 Å². The molecule has 20 heavy (non-hydrogen) atoms. The first-order valence-electron chi connectivity index (χ1n) is 6.50. The van der Waals surface area contributed by atoms with E-state index in [2.05, 4.69) is 6.07 Å². The molecule has 0 fully saturated rings. The minimum Gasteiger partial charge on any atom is -0.457 e. The summed E-state index contributed by atoms with van der Waals surface area (Å²) < 4.78 is 5.76. The van der Waals surface area contributed by atoms with Gasteiger partial charge in [0.15, 0.2) is 5.78 Å². The van der Waals surface area contributed by atoms with Crippen molar-refractivity contribution in [1.29, 1.82) is 5.26 Å². The number of carbonyl (C=O) groups is 1. The van der Waals surface area contributed by atoms with Gasteiger partial charge in [0.2, 0.25) is 0 Å². The molecular weight excluding hydrogens is 250 g/mol. The van der Waals surface area contributed by atoms with Crippen LogP contribution in [0, 0.1) is 11.3 Å². The van der Waals surface area contributed by atoms with E-state index in [-0.39, 0.29) is 5.78 Å². The maximum Gasteiger partial charge on any atom is 0.166 e. The van der Waals surface area contributed by atoms with Crippen molar-refractivity contribution in [1.82, 2.24) is 0 Å². The molecule has 0 aliphatic rings. The zero-order valence-corrected chi connectivity index (χ0v) is 11.3.